The number of carbonyl (C=O) groups is 2. The number of urea groups is 1. The highest BCUT2D eigenvalue weighted by molar-refractivity contribution is 6.31. The van der Waals surface area contributed by atoms with Crippen LogP contribution in [0, 0.1) is 13.8 Å². The number of aromatic nitrogens is 3. The van der Waals surface area contributed by atoms with E-state index < -0.39 is 22.8 Å². The minimum Gasteiger partial charge on any atom is -0.342 e. The van der Waals surface area contributed by atoms with Crippen molar-refractivity contribution in [2.75, 3.05) is 47.5 Å². The van der Waals surface area contributed by atoms with Crippen LogP contribution in [0.5, 0.6) is 0 Å². The summed E-state index contributed by atoms with van der Waals surface area (Å²) in [5.41, 5.74) is 0.654. The first-order valence-corrected chi connectivity index (χ1v) is 11.8. The fraction of sp³-hybridized carbons (Fsp3) is 0.292. The van der Waals surface area contributed by atoms with Crippen molar-refractivity contribution in [2.45, 2.75) is 20.0 Å². The maximum Gasteiger partial charge on any atom is 0.417 e. The first-order valence-electron chi connectivity index (χ1n) is 11.4. The van der Waals surface area contributed by atoms with Gasteiger partial charge in [0.05, 0.1) is 17.1 Å². The minimum atomic E-state index is -4.66. The number of amides is 3. The number of hydrogen-bond donors (Lipinski definition) is 3. The lowest BCUT2D eigenvalue weighted by Crippen LogP contribution is -2.49. The molecule has 10 nitrogen and oxygen atoms in total. The number of likely N-dealkylation sites (N-methyl/N-ethyl adjacent to an activating group) is 1. The Morgan fingerprint density at radius 2 is 1.68 bits per heavy atom. The summed E-state index contributed by atoms with van der Waals surface area (Å²) in [4.78, 5) is 41.1. The maximum atomic E-state index is 13.1. The van der Waals surface area contributed by atoms with Crippen LogP contribution in [0.1, 0.15) is 17.0 Å². The summed E-state index contributed by atoms with van der Waals surface area (Å²) in [6, 6.07) is 7.38. The van der Waals surface area contributed by atoms with E-state index in [1.54, 1.807) is 42.0 Å². The molecule has 2 aromatic carbocycles. The van der Waals surface area contributed by atoms with E-state index in [2.05, 4.69) is 30.9 Å². The summed E-state index contributed by atoms with van der Waals surface area (Å²) in [6.07, 6.45) is -4.66. The Labute approximate surface area is 221 Å². The molecule has 1 aliphatic rings. The van der Waals surface area contributed by atoms with Crippen LogP contribution in [-0.2, 0) is 11.0 Å². The summed E-state index contributed by atoms with van der Waals surface area (Å²) in [5, 5.41) is 7.61. The third-order valence-corrected chi connectivity index (χ3v) is 6.08. The van der Waals surface area contributed by atoms with E-state index in [0.29, 0.717) is 36.2 Å². The maximum absolute atomic E-state index is 13.1. The second-order valence-corrected chi connectivity index (χ2v) is 9.08. The molecule has 1 aliphatic heterocycles. The molecule has 2 heterocycles. The van der Waals surface area contributed by atoms with E-state index in [0.717, 1.165) is 17.7 Å². The van der Waals surface area contributed by atoms with E-state index in [1.165, 1.54) is 6.07 Å². The molecule has 0 aliphatic carbocycles. The minimum absolute atomic E-state index is 0.0371. The Morgan fingerprint density at radius 1 is 1.00 bits per heavy atom. The van der Waals surface area contributed by atoms with Crippen LogP contribution in [0.25, 0.3) is 0 Å². The fourth-order valence-electron chi connectivity index (χ4n) is 3.66. The van der Waals surface area contributed by atoms with Gasteiger partial charge in [-0.15, -0.1) is 0 Å². The van der Waals surface area contributed by atoms with Crippen molar-refractivity contribution < 1.29 is 22.8 Å². The Bertz CT molecular complexity index is 1390. The second kappa shape index (κ2) is 10.7. The van der Waals surface area contributed by atoms with Crippen molar-refractivity contribution >= 4 is 52.5 Å². The molecule has 3 N–H and O–H groups in total. The van der Waals surface area contributed by atoms with Gasteiger partial charge in [0.2, 0.25) is 17.8 Å². The average Bonchev–Trinajstić information content (AvgIpc) is 2.83. The summed E-state index contributed by atoms with van der Waals surface area (Å²) in [6.45, 7) is 4.84. The molecule has 0 unspecified atom stereocenters. The molecule has 1 aromatic heterocycles. The standard InChI is InChI=1S/C24H24ClF3N8O2/c1-13-4-5-16(32-23(38)31-15-6-7-18(25)17(10-15)24(26,27)28)11-19(13)33-21-29-14(2)30-22(34-21)36-9-8-35(3)20(37)12-36/h4-7,10-11H,8-9,12H2,1-3H3,(H2,31,32,38)(H,29,30,33,34). The zero-order valence-electron chi connectivity index (χ0n) is 20.6. The van der Waals surface area contributed by atoms with E-state index in [-0.39, 0.29) is 24.1 Å². The van der Waals surface area contributed by atoms with Crippen LogP contribution in [0.2, 0.25) is 5.02 Å². The highest BCUT2D eigenvalue weighted by atomic mass is 35.5. The lowest BCUT2D eigenvalue weighted by Gasteiger charge is -2.32. The molecule has 0 atom stereocenters. The third-order valence-electron chi connectivity index (χ3n) is 5.75. The number of halogens is 4. The van der Waals surface area contributed by atoms with Crippen LogP contribution in [0.15, 0.2) is 36.4 Å². The van der Waals surface area contributed by atoms with Crippen LogP contribution in [0.3, 0.4) is 0 Å². The normalized spacial score (nSPS) is 13.9. The molecule has 200 valence electrons. The predicted octanol–water partition coefficient (Wildman–Crippen LogP) is 4.83. The molecule has 0 radical (unpaired) electrons. The molecule has 14 heteroatoms. The highest BCUT2D eigenvalue weighted by Crippen LogP contribution is 2.36. The van der Waals surface area contributed by atoms with Gasteiger partial charge in [0.15, 0.2) is 0 Å². The Balaban J connectivity index is 1.48. The fourth-order valence-corrected chi connectivity index (χ4v) is 3.89. The molecule has 0 spiro atoms. The Kier molecular flexibility index (Phi) is 7.58. The van der Waals surface area contributed by atoms with Crippen molar-refractivity contribution in [3.8, 4) is 0 Å². The van der Waals surface area contributed by atoms with Crippen LogP contribution in [0.4, 0.5) is 46.9 Å². The van der Waals surface area contributed by atoms with Gasteiger partial charge in [0.1, 0.15) is 5.82 Å². The monoisotopic (exact) mass is 548 g/mol. The number of aryl methyl sites for hydroxylation is 2. The lowest BCUT2D eigenvalue weighted by atomic mass is 10.2. The molecule has 0 saturated carbocycles. The third kappa shape index (κ3) is 6.40. The summed E-state index contributed by atoms with van der Waals surface area (Å²) in [7, 11) is 1.74. The Hall–Kier alpha value is -4.13. The SMILES string of the molecule is Cc1nc(Nc2cc(NC(=O)Nc3ccc(Cl)c(C(F)(F)F)c3)ccc2C)nc(N2CCN(C)C(=O)C2)n1. The molecule has 38 heavy (non-hydrogen) atoms. The Morgan fingerprint density at radius 3 is 2.37 bits per heavy atom. The number of carbonyl (C=O) groups excluding carboxylic acids is 2. The van der Waals surface area contributed by atoms with Crippen LogP contribution >= 0.6 is 11.6 Å². The van der Waals surface area contributed by atoms with Gasteiger partial charge in [-0.3, -0.25) is 4.79 Å². The topological polar surface area (TPSA) is 115 Å². The first kappa shape index (κ1) is 26.9. The molecule has 0 bridgehead atoms. The van der Waals surface area contributed by atoms with Gasteiger partial charge in [0.25, 0.3) is 0 Å². The zero-order valence-corrected chi connectivity index (χ0v) is 21.4. The number of alkyl halides is 3. The van der Waals surface area contributed by atoms with Crippen molar-refractivity contribution in [2.24, 2.45) is 0 Å². The predicted molar refractivity (Wildman–Crippen MR) is 138 cm³/mol. The number of hydrogen-bond acceptors (Lipinski definition) is 7. The number of nitrogens with zero attached hydrogens (tertiary/aromatic N) is 5. The molecule has 3 aromatic rings. The van der Waals surface area contributed by atoms with Crippen molar-refractivity contribution in [3.63, 3.8) is 0 Å². The number of anilines is 5. The summed E-state index contributed by atoms with van der Waals surface area (Å²) < 4.78 is 39.3. The van der Waals surface area contributed by atoms with Gasteiger partial charge in [-0.2, -0.15) is 28.1 Å². The summed E-state index contributed by atoms with van der Waals surface area (Å²) in [5.74, 6) is 1.04. The van der Waals surface area contributed by atoms with E-state index in [4.69, 9.17) is 11.6 Å². The van der Waals surface area contributed by atoms with Crippen molar-refractivity contribution in [1.82, 2.24) is 19.9 Å². The molecular formula is C24H24ClF3N8O2. The molecule has 1 saturated heterocycles. The molecule has 1 fully saturated rings. The first-order chi connectivity index (χ1) is 17.9. The van der Waals surface area contributed by atoms with Crippen LogP contribution in [-0.4, -0.2) is 58.5 Å². The van der Waals surface area contributed by atoms with Crippen molar-refractivity contribution in [1.29, 1.82) is 0 Å². The van der Waals surface area contributed by atoms with Gasteiger partial charge < -0.3 is 25.8 Å². The van der Waals surface area contributed by atoms with Gasteiger partial charge in [-0.25, -0.2) is 4.79 Å². The number of rotatable bonds is 5. The lowest BCUT2D eigenvalue weighted by molar-refractivity contribution is -0.137. The summed E-state index contributed by atoms with van der Waals surface area (Å²) >= 11 is 5.63. The van der Waals surface area contributed by atoms with Gasteiger partial charge >= 0.3 is 12.2 Å². The smallest absolute Gasteiger partial charge is 0.342 e. The average molecular weight is 549 g/mol. The number of piperazine rings is 1. The molecule has 3 amide bonds. The van der Waals surface area contributed by atoms with E-state index in [1.807, 2.05) is 6.92 Å². The quantitative estimate of drug-likeness (QED) is 0.418. The number of nitrogens with one attached hydrogen (secondary N) is 3. The zero-order chi connectivity index (χ0) is 27.6. The van der Waals surface area contributed by atoms with Gasteiger partial charge in [-0.05, 0) is 49.7 Å². The van der Waals surface area contributed by atoms with E-state index >= 15 is 0 Å². The van der Waals surface area contributed by atoms with Crippen LogP contribution < -0.4 is 20.9 Å². The van der Waals surface area contributed by atoms with E-state index in [9.17, 15) is 22.8 Å². The second-order valence-electron chi connectivity index (χ2n) is 8.67. The van der Waals surface area contributed by atoms with Crippen molar-refractivity contribution in [3.05, 3.63) is 58.4 Å². The molecular weight excluding hydrogens is 525 g/mol. The van der Waals surface area contributed by atoms with Gasteiger partial charge in [-0.1, -0.05) is 17.7 Å². The largest absolute Gasteiger partial charge is 0.417 e. The number of benzene rings is 2. The molecule has 4 rings (SSSR count). The van der Waals surface area contributed by atoms with Gasteiger partial charge in [0, 0.05) is 37.2 Å². The highest BCUT2D eigenvalue weighted by Gasteiger charge is 2.33.